The van der Waals surface area contributed by atoms with Crippen LogP contribution in [0.4, 0.5) is 19.4 Å². The van der Waals surface area contributed by atoms with E-state index >= 15 is 0 Å². The van der Waals surface area contributed by atoms with E-state index in [2.05, 4.69) is 10.4 Å². The number of halogens is 2. The molecule has 0 bridgehead atoms. The van der Waals surface area contributed by atoms with Gasteiger partial charge in [0, 0.05) is 24.2 Å². The zero-order valence-corrected chi connectivity index (χ0v) is 33.9. The Morgan fingerprint density at radius 3 is 1.92 bits per heavy atom. The fourth-order valence-corrected chi connectivity index (χ4v) is 9.19. The summed E-state index contributed by atoms with van der Waals surface area (Å²) >= 11 is 0. The van der Waals surface area contributed by atoms with Gasteiger partial charge in [0.2, 0.25) is 9.84 Å². The maximum Gasteiger partial charge on any atom is 0.411 e. The molecule has 11 nitrogen and oxygen atoms in total. The first-order chi connectivity index (χ1) is 28.8. The number of anilines is 1. The van der Waals surface area contributed by atoms with Crippen LogP contribution in [-0.4, -0.2) is 57.0 Å². The summed E-state index contributed by atoms with van der Waals surface area (Å²) in [5, 5.41) is 12.8. The van der Waals surface area contributed by atoms with E-state index in [-0.39, 0.29) is 21.7 Å². The summed E-state index contributed by atoms with van der Waals surface area (Å²) < 4.78 is 65.8. The van der Waals surface area contributed by atoms with Crippen LogP contribution in [0.5, 0.6) is 0 Å². The summed E-state index contributed by atoms with van der Waals surface area (Å²) in [5.74, 6) is -2.67. The third-order valence-corrected chi connectivity index (χ3v) is 12.2. The maximum absolute atomic E-state index is 14.4. The summed E-state index contributed by atoms with van der Waals surface area (Å²) in [7, 11) is -4.47. The van der Waals surface area contributed by atoms with Crippen molar-refractivity contribution in [1.82, 2.24) is 24.5 Å². The Labute approximate surface area is 346 Å². The molecule has 1 unspecified atom stereocenters. The number of benzene rings is 5. The average molecular weight is 829 g/mol. The van der Waals surface area contributed by atoms with E-state index in [1.165, 1.54) is 18.3 Å². The lowest BCUT2D eigenvalue weighted by Gasteiger charge is -2.37. The van der Waals surface area contributed by atoms with Gasteiger partial charge in [0.15, 0.2) is 5.82 Å². The zero-order valence-electron chi connectivity index (χ0n) is 33.1. The fraction of sp³-hybridized carbons (Fsp3) is 0.217. The minimum Gasteiger partial charge on any atom is -0.444 e. The molecule has 14 heteroatoms. The first kappa shape index (κ1) is 40.1. The number of likely N-dealkylation sites (tertiary alicyclic amines) is 1. The molecular formula is C46H42F2N6O5S. The Morgan fingerprint density at radius 2 is 1.35 bits per heavy atom. The highest BCUT2D eigenvalue weighted by molar-refractivity contribution is 7.91. The smallest absolute Gasteiger partial charge is 0.411 e. The molecule has 2 aromatic heterocycles. The van der Waals surface area contributed by atoms with Crippen LogP contribution < -0.4 is 5.32 Å². The first-order valence-electron chi connectivity index (χ1n) is 19.5. The van der Waals surface area contributed by atoms with Crippen molar-refractivity contribution >= 4 is 38.6 Å². The third kappa shape index (κ3) is 7.54. The molecule has 0 aliphatic carbocycles. The number of piperidine rings is 1. The van der Waals surface area contributed by atoms with Crippen molar-refractivity contribution in [3.05, 3.63) is 174 Å². The summed E-state index contributed by atoms with van der Waals surface area (Å²) in [6.45, 7) is 5.86. The molecule has 2 amide bonds. The minimum absolute atomic E-state index is 0.0189. The molecule has 1 saturated heterocycles. The molecule has 1 atom stereocenters. The van der Waals surface area contributed by atoms with Crippen molar-refractivity contribution in [2.75, 3.05) is 11.9 Å². The molecule has 8 rings (SSSR count). The summed E-state index contributed by atoms with van der Waals surface area (Å²) in [4.78, 5) is 28.3. The number of hydrogen-bond acceptors (Lipinski definition) is 7. The molecule has 0 saturated carbocycles. The third-order valence-electron chi connectivity index (χ3n) is 10.5. The quantitative estimate of drug-likeness (QED) is 0.144. The topological polar surface area (TPSA) is 128 Å². The standard InChI is InChI=1S/C46H42F2N6O5S/c1-45(2,3)59-44(56)52-24-14-13-21-41(52)53-30-31(29-49-53)43(55)50-42-39-28-37(60(57,58)38-26-35(47)25-36(48)27-38)22-23-40(39)54(51-42)46(32-15-7-4-8-16-32,33-17-9-5-10-18-33)34-19-11-6-12-20-34/h4-12,15-20,22-23,25-30,41H,13-14,21,24H2,1-3H3,(H,50,51,55). The number of aromatic nitrogens is 4. The molecule has 5 aromatic carbocycles. The lowest BCUT2D eigenvalue weighted by molar-refractivity contribution is -0.00346. The van der Waals surface area contributed by atoms with Crippen LogP contribution in [0.2, 0.25) is 0 Å². The molecule has 7 aromatic rings. The second-order valence-corrected chi connectivity index (χ2v) is 17.6. The number of nitrogens with one attached hydrogen (secondary N) is 1. The first-order valence-corrected chi connectivity index (χ1v) is 21.0. The van der Waals surface area contributed by atoms with E-state index in [1.54, 1.807) is 47.3 Å². The highest BCUT2D eigenvalue weighted by Crippen LogP contribution is 2.44. The number of rotatable bonds is 9. The number of amides is 2. The van der Waals surface area contributed by atoms with E-state index in [4.69, 9.17) is 9.84 Å². The predicted molar refractivity (Wildman–Crippen MR) is 222 cm³/mol. The molecule has 0 radical (unpaired) electrons. The van der Waals surface area contributed by atoms with E-state index in [1.807, 2.05) is 91.0 Å². The van der Waals surface area contributed by atoms with Crippen molar-refractivity contribution in [2.24, 2.45) is 0 Å². The van der Waals surface area contributed by atoms with Crippen LogP contribution in [0.3, 0.4) is 0 Å². The molecule has 0 spiro atoms. The van der Waals surface area contributed by atoms with Gasteiger partial charge in [0.05, 0.1) is 27.1 Å². The van der Waals surface area contributed by atoms with Gasteiger partial charge in [-0.05, 0) is 87.1 Å². The minimum atomic E-state index is -4.47. The highest BCUT2D eigenvalue weighted by atomic mass is 32.2. The van der Waals surface area contributed by atoms with Crippen molar-refractivity contribution in [1.29, 1.82) is 0 Å². The summed E-state index contributed by atoms with van der Waals surface area (Å²) in [6.07, 6.45) is 4.22. The van der Waals surface area contributed by atoms with Gasteiger partial charge in [-0.3, -0.25) is 9.69 Å². The molecule has 1 aliphatic heterocycles. The van der Waals surface area contributed by atoms with Crippen LogP contribution in [0.15, 0.2) is 150 Å². The zero-order chi connectivity index (χ0) is 42.2. The molecule has 306 valence electrons. The predicted octanol–water partition coefficient (Wildman–Crippen LogP) is 9.36. The second-order valence-electron chi connectivity index (χ2n) is 15.7. The van der Waals surface area contributed by atoms with Gasteiger partial charge in [0.25, 0.3) is 5.91 Å². The number of nitrogens with zero attached hydrogens (tertiary/aromatic N) is 5. The molecule has 3 heterocycles. The number of carbonyl (C=O) groups excluding carboxylic acids is 2. The highest BCUT2D eigenvalue weighted by Gasteiger charge is 2.41. The number of sulfone groups is 1. The second kappa shape index (κ2) is 15.8. The lowest BCUT2D eigenvalue weighted by atomic mass is 9.77. The molecule has 1 fully saturated rings. The largest absolute Gasteiger partial charge is 0.444 e. The van der Waals surface area contributed by atoms with Crippen LogP contribution in [0.1, 0.15) is 73.2 Å². The van der Waals surface area contributed by atoms with Gasteiger partial charge < -0.3 is 10.1 Å². The van der Waals surface area contributed by atoms with Crippen molar-refractivity contribution in [3.63, 3.8) is 0 Å². The number of ether oxygens (including phenoxy) is 1. The van der Waals surface area contributed by atoms with Crippen LogP contribution in [0.25, 0.3) is 10.9 Å². The summed E-state index contributed by atoms with van der Waals surface area (Å²) in [6, 6.07) is 35.5. The Bertz CT molecular complexity index is 2690. The van der Waals surface area contributed by atoms with Crippen LogP contribution in [0, 0.1) is 11.6 Å². The SMILES string of the molecule is CC(C)(C)OC(=O)N1CCCCC1n1cc(C(=O)Nc2nn(C(c3ccccc3)(c3ccccc3)c3ccccc3)c3ccc(S(=O)(=O)c4cc(F)cc(F)c4)cc23)cn1. The number of hydrogen-bond donors (Lipinski definition) is 1. The van der Waals surface area contributed by atoms with Crippen LogP contribution >= 0.6 is 0 Å². The molecule has 60 heavy (non-hydrogen) atoms. The number of fused-ring (bicyclic) bond motifs is 1. The Hall–Kier alpha value is -6.67. The average Bonchev–Trinajstić information content (AvgIpc) is 3.87. The van der Waals surface area contributed by atoms with Crippen molar-refractivity contribution in [3.8, 4) is 0 Å². The van der Waals surface area contributed by atoms with Crippen molar-refractivity contribution in [2.45, 2.75) is 67.1 Å². The Balaban J connectivity index is 1.29. The van der Waals surface area contributed by atoms with Gasteiger partial charge in [-0.1, -0.05) is 91.0 Å². The lowest BCUT2D eigenvalue weighted by Crippen LogP contribution is -2.44. The summed E-state index contributed by atoms with van der Waals surface area (Å²) in [5.41, 5.74) is 1.18. The maximum atomic E-state index is 14.4. The molecule has 1 N–H and O–H groups in total. The molecular weight excluding hydrogens is 787 g/mol. The van der Waals surface area contributed by atoms with E-state index < -0.39 is 55.7 Å². The van der Waals surface area contributed by atoms with Gasteiger partial charge >= 0.3 is 6.09 Å². The van der Waals surface area contributed by atoms with Crippen LogP contribution in [-0.2, 0) is 20.1 Å². The monoisotopic (exact) mass is 828 g/mol. The van der Waals surface area contributed by atoms with Crippen molar-refractivity contribution < 1.29 is 31.5 Å². The normalized spacial score (nSPS) is 14.9. The van der Waals surface area contributed by atoms with E-state index in [0.29, 0.717) is 24.5 Å². The van der Waals surface area contributed by atoms with E-state index in [9.17, 15) is 26.8 Å². The van der Waals surface area contributed by atoms with E-state index in [0.717, 1.165) is 41.7 Å². The van der Waals surface area contributed by atoms with Gasteiger partial charge in [-0.15, -0.1) is 0 Å². The van der Waals surface area contributed by atoms with Gasteiger partial charge in [-0.25, -0.2) is 31.4 Å². The Kier molecular flexibility index (Phi) is 10.6. The number of carbonyl (C=O) groups is 2. The fourth-order valence-electron chi connectivity index (χ4n) is 7.86. The molecule has 1 aliphatic rings. The van der Waals surface area contributed by atoms with Gasteiger partial charge in [0.1, 0.15) is 28.9 Å². The Morgan fingerprint density at radius 1 is 0.767 bits per heavy atom. The van der Waals surface area contributed by atoms with Gasteiger partial charge in [-0.2, -0.15) is 10.2 Å².